The molecule has 0 amide bonds. The van der Waals surface area contributed by atoms with Gasteiger partial charge in [-0.2, -0.15) is 0 Å². The zero-order valence-electron chi connectivity index (χ0n) is 11.4. The van der Waals surface area contributed by atoms with Gasteiger partial charge in [0, 0.05) is 0 Å². The van der Waals surface area contributed by atoms with Crippen molar-refractivity contribution in [1.29, 1.82) is 0 Å². The molecule has 1 unspecified atom stereocenters. The van der Waals surface area contributed by atoms with E-state index in [9.17, 15) is 0 Å². The molecule has 0 bridgehead atoms. The Bertz CT molecular complexity index is 347. The van der Waals surface area contributed by atoms with Gasteiger partial charge >= 0.3 is 0 Å². The number of para-hydroxylation sites is 1. The molecule has 0 aliphatic rings. The number of aryl methyl sites for hydroxylation is 1. The van der Waals surface area contributed by atoms with Gasteiger partial charge in [0.2, 0.25) is 0 Å². The number of hydrogen-bond acceptors (Lipinski definition) is 1. The summed E-state index contributed by atoms with van der Waals surface area (Å²) < 4.78 is 6.05. The molecule has 0 fully saturated rings. The van der Waals surface area contributed by atoms with Crippen LogP contribution in [0, 0.1) is 6.92 Å². The lowest BCUT2D eigenvalue weighted by atomic mass is 9.85. The quantitative estimate of drug-likeness (QED) is 0.730. The van der Waals surface area contributed by atoms with E-state index in [4.69, 9.17) is 4.74 Å². The third-order valence-electron chi connectivity index (χ3n) is 2.91. The maximum absolute atomic E-state index is 6.05. The zero-order valence-corrected chi connectivity index (χ0v) is 11.4. The van der Waals surface area contributed by atoms with Gasteiger partial charge < -0.3 is 4.74 Å². The molecule has 0 heterocycles. The fraction of sp³-hybridized carbons (Fsp3) is 0.600. The Balaban J connectivity index is 3.14. The van der Waals surface area contributed by atoms with Crippen molar-refractivity contribution in [3.8, 4) is 5.75 Å². The van der Waals surface area contributed by atoms with Crippen molar-refractivity contribution in [1.82, 2.24) is 0 Å². The predicted octanol–water partition coefficient (Wildman–Crippen LogP) is 4.47. The van der Waals surface area contributed by atoms with E-state index < -0.39 is 0 Å². The summed E-state index contributed by atoms with van der Waals surface area (Å²) in [4.78, 5) is 0. The minimum Gasteiger partial charge on any atom is -0.490 e. The summed E-state index contributed by atoms with van der Waals surface area (Å²) in [5.74, 6) is 1.07. The third kappa shape index (κ3) is 3.01. The zero-order chi connectivity index (χ0) is 12.3. The summed E-state index contributed by atoms with van der Waals surface area (Å²) in [6.07, 6.45) is 1.32. The molecule has 0 saturated carbocycles. The molecule has 0 spiro atoms. The van der Waals surface area contributed by atoms with Crippen LogP contribution in [-0.2, 0) is 5.41 Å². The van der Waals surface area contributed by atoms with Gasteiger partial charge in [0.25, 0.3) is 0 Å². The Morgan fingerprint density at radius 2 is 1.88 bits per heavy atom. The average Bonchev–Trinajstić information content (AvgIpc) is 2.19. The van der Waals surface area contributed by atoms with Gasteiger partial charge in [0.15, 0.2) is 0 Å². The highest BCUT2D eigenvalue weighted by Gasteiger charge is 2.20. The Morgan fingerprint density at radius 3 is 2.38 bits per heavy atom. The van der Waals surface area contributed by atoms with Gasteiger partial charge in [-0.15, -0.1) is 0 Å². The van der Waals surface area contributed by atoms with Crippen LogP contribution in [0.5, 0.6) is 5.75 Å². The van der Waals surface area contributed by atoms with Gasteiger partial charge in [-0.1, -0.05) is 45.9 Å². The lowest BCUT2D eigenvalue weighted by Gasteiger charge is -2.26. The molecule has 1 nitrogen and oxygen atoms in total. The smallest absolute Gasteiger partial charge is 0.126 e. The van der Waals surface area contributed by atoms with Crippen molar-refractivity contribution in [2.24, 2.45) is 0 Å². The highest BCUT2D eigenvalue weighted by Crippen LogP contribution is 2.34. The number of hydrogen-bond donors (Lipinski definition) is 0. The fourth-order valence-electron chi connectivity index (χ4n) is 1.68. The van der Waals surface area contributed by atoms with Gasteiger partial charge in [0.05, 0.1) is 6.10 Å². The fourth-order valence-corrected chi connectivity index (χ4v) is 1.68. The van der Waals surface area contributed by atoms with Crippen molar-refractivity contribution in [2.45, 2.75) is 59.5 Å². The molecule has 1 aromatic carbocycles. The third-order valence-corrected chi connectivity index (χ3v) is 2.91. The summed E-state index contributed by atoms with van der Waals surface area (Å²) in [7, 11) is 0. The van der Waals surface area contributed by atoms with Crippen molar-refractivity contribution in [2.75, 3.05) is 0 Å². The Kier molecular flexibility index (Phi) is 4.01. The van der Waals surface area contributed by atoms with E-state index in [2.05, 4.69) is 59.7 Å². The van der Waals surface area contributed by atoms with Gasteiger partial charge in [-0.3, -0.25) is 0 Å². The SMILES string of the molecule is CCC(C)Oc1c(C)cccc1C(C)(C)C. The van der Waals surface area contributed by atoms with Crippen LogP contribution in [-0.4, -0.2) is 6.10 Å². The van der Waals surface area contributed by atoms with E-state index in [1.54, 1.807) is 0 Å². The topological polar surface area (TPSA) is 9.23 Å². The number of benzene rings is 1. The molecule has 1 heteroatoms. The van der Waals surface area contributed by atoms with Gasteiger partial charge in [-0.05, 0) is 36.8 Å². The monoisotopic (exact) mass is 220 g/mol. The van der Waals surface area contributed by atoms with Crippen LogP contribution in [0.25, 0.3) is 0 Å². The molecule has 16 heavy (non-hydrogen) atoms. The van der Waals surface area contributed by atoms with Crippen LogP contribution in [0.2, 0.25) is 0 Å². The van der Waals surface area contributed by atoms with Crippen LogP contribution in [0.3, 0.4) is 0 Å². The van der Waals surface area contributed by atoms with E-state index in [1.807, 2.05) is 0 Å². The van der Waals surface area contributed by atoms with Crippen LogP contribution < -0.4 is 4.74 Å². The highest BCUT2D eigenvalue weighted by atomic mass is 16.5. The highest BCUT2D eigenvalue weighted by molar-refractivity contribution is 5.44. The van der Waals surface area contributed by atoms with Crippen molar-refractivity contribution in [3.05, 3.63) is 29.3 Å². The van der Waals surface area contributed by atoms with Crippen molar-refractivity contribution in [3.63, 3.8) is 0 Å². The number of rotatable bonds is 3. The summed E-state index contributed by atoms with van der Waals surface area (Å²) in [5, 5.41) is 0. The normalized spacial score (nSPS) is 13.6. The Hall–Kier alpha value is -0.980. The van der Waals surface area contributed by atoms with E-state index >= 15 is 0 Å². The summed E-state index contributed by atoms with van der Waals surface area (Å²) >= 11 is 0. The Labute approximate surface area is 99.8 Å². The second kappa shape index (κ2) is 4.90. The molecule has 1 aromatic rings. The molecule has 0 aliphatic heterocycles. The summed E-state index contributed by atoms with van der Waals surface area (Å²) in [6.45, 7) is 13.1. The molecule has 90 valence electrons. The number of ether oxygens (including phenoxy) is 1. The summed E-state index contributed by atoms with van der Waals surface area (Å²) in [6, 6.07) is 6.40. The van der Waals surface area contributed by atoms with Crippen LogP contribution in [0.4, 0.5) is 0 Å². The molecule has 1 rings (SSSR count). The molecule has 0 radical (unpaired) electrons. The molecular formula is C15H24O. The second-order valence-electron chi connectivity index (χ2n) is 5.54. The maximum Gasteiger partial charge on any atom is 0.126 e. The molecule has 0 aliphatic carbocycles. The second-order valence-corrected chi connectivity index (χ2v) is 5.54. The van der Waals surface area contributed by atoms with E-state index in [-0.39, 0.29) is 11.5 Å². The molecule has 0 saturated heterocycles. The average molecular weight is 220 g/mol. The first-order valence-corrected chi connectivity index (χ1v) is 6.13. The first-order chi connectivity index (χ1) is 7.36. The minimum absolute atomic E-state index is 0.134. The molecular weight excluding hydrogens is 196 g/mol. The summed E-state index contributed by atoms with van der Waals surface area (Å²) in [5.41, 5.74) is 2.66. The molecule has 0 aromatic heterocycles. The standard InChI is InChI=1S/C15H24O/c1-7-12(3)16-14-11(2)9-8-10-13(14)15(4,5)6/h8-10,12H,7H2,1-6H3. The molecule has 1 atom stereocenters. The van der Waals surface area contributed by atoms with Gasteiger partial charge in [0.1, 0.15) is 5.75 Å². The first kappa shape index (κ1) is 13.1. The van der Waals surface area contributed by atoms with Gasteiger partial charge in [-0.25, -0.2) is 0 Å². The Morgan fingerprint density at radius 1 is 1.25 bits per heavy atom. The lowest BCUT2D eigenvalue weighted by Crippen LogP contribution is -2.18. The van der Waals surface area contributed by atoms with E-state index in [0.29, 0.717) is 0 Å². The van der Waals surface area contributed by atoms with Crippen LogP contribution in [0.15, 0.2) is 18.2 Å². The van der Waals surface area contributed by atoms with Crippen molar-refractivity contribution >= 4 is 0 Å². The predicted molar refractivity (Wildman–Crippen MR) is 70.3 cm³/mol. The van der Waals surface area contributed by atoms with Crippen LogP contribution in [0.1, 0.15) is 52.2 Å². The minimum atomic E-state index is 0.134. The largest absolute Gasteiger partial charge is 0.490 e. The maximum atomic E-state index is 6.05. The lowest BCUT2D eigenvalue weighted by molar-refractivity contribution is 0.211. The molecule has 0 N–H and O–H groups in total. The first-order valence-electron chi connectivity index (χ1n) is 6.13. The van der Waals surface area contributed by atoms with E-state index in [0.717, 1.165) is 12.2 Å². The van der Waals surface area contributed by atoms with Crippen molar-refractivity contribution < 1.29 is 4.74 Å². The van der Waals surface area contributed by atoms with Crippen LogP contribution >= 0.6 is 0 Å². The van der Waals surface area contributed by atoms with E-state index in [1.165, 1.54) is 11.1 Å².